The van der Waals surface area contributed by atoms with Gasteiger partial charge in [0.25, 0.3) is 0 Å². The van der Waals surface area contributed by atoms with Crippen LogP contribution in [0.4, 0.5) is 10.1 Å². The van der Waals surface area contributed by atoms with Crippen LogP contribution in [0.15, 0.2) is 24.3 Å². The molecule has 0 saturated heterocycles. The molecule has 1 rings (SSSR count). The highest BCUT2D eigenvalue weighted by atomic mass is 19.1. The summed E-state index contributed by atoms with van der Waals surface area (Å²) >= 11 is 0. The van der Waals surface area contributed by atoms with Crippen LogP contribution < -0.4 is 10.2 Å². The fraction of sp³-hybridized carbons (Fsp3) is 0.385. The van der Waals surface area contributed by atoms with Gasteiger partial charge >= 0.3 is 5.97 Å². The number of aliphatic carboxylic acids is 1. The minimum Gasteiger partial charge on any atom is -0.480 e. The van der Waals surface area contributed by atoms with Crippen LogP contribution in [-0.4, -0.2) is 36.1 Å². The number of carboxylic acids is 1. The van der Waals surface area contributed by atoms with Crippen molar-refractivity contribution in [3.05, 3.63) is 30.1 Å². The summed E-state index contributed by atoms with van der Waals surface area (Å²) < 4.78 is 12.8. The van der Waals surface area contributed by atoms with Crippen LogP contribution in [0, 0.1) is 5.82 Å². The zero-order chi connectivity index (χ0) is 14.4. The van der Waals surface area contributed by atoms with E-state index in [1.807, 2.05) is 6.92 Å². The van der Waals surface area contributed by atoms with Crippen molar-refractivity contribution in [3.8, 4) is 0 Å². The van der Waals surface area contributed by atoms with Gasteiger partial charge in [0.15, 0.2) is 0 Å². The van der Waals surface area contributed by atoms with E-state index in [0.717, 1.165) is 0 Å². The van der Waals surface area contributed by atoms with E-state index in [0.29, 0.717) is 12.2 Å². The molecule has 104 valence electrons. The highest BCUT2D eigenvalue weighted by Crippen LogP contribution is 2.15. The zero-order valence-corrected chi connectivity index (χ0v) is 10.9. The Morgan fingerprint density at radius 3 is 2.37 bits per heavy atom. The second-order valence-corrected chi connectivity index (χ2v) is 4.11. The number of nitrogens with one attached hydrogen (secondary N) is 1. The van der Waals surface area contributed by atoms with E-state index in [1.54, 1.807) is 17.0 Å². The maximum absolute atomic E-state index is 12.8. The molecule has 5 nitrogen and oxygen atoms in total. The summed E-state index contributed by atoms with van der Waals surface area (Å²) in [6, 6.07) is 4.78. The van der Waals surface area contributed by atoms with Gasteiger partial charge in [-0.3, -0.25) is 4.79 Å². The Morgan fingerprint density at radius 2 is 1.95 bits per heavy atom. The molecule has 1 atom stereocenters. The summed E-state index contributed by atoms with van der Waals surface area (Å²) in [4.78, 5) is 23.8. The normalized spacial score (nSPS) is 11.7. The second-order valence-electron chi connectivity index (χ2n) is 4.11. The van der Waals surface area contributed by atoms with E-state index in [-0.39, 0.29) is 12.4 Å². The third kappa shape index (κ3) is 4.57. The maximum Gasteiger partial charge on any atom is 0.328 e. The van der Waals surface area contributed by atoms with Crippen LogP contribution in [0.5, 0.6) is 0 Å². The van der Waals surface area contributed by atoms with Crippen molar-refractivity contribution in [2.75, 3.05) is 18.0 Å². The molecule has 0 aliphatic heterocycles. The predicted octanol–water partition coefficient (Wildman–Crippen LogP) is 1.24. The van der Waals surface area contributed by atoms with Gasteiger partial charge in [0, 0.05) is 25.7 Å². The van der Waals surface area contributed by atoms with Gasteiger partial charge in [0.2, 0.25) is 5.91 Å². The van der Waals surface area contributed by atoms with Gasteiger partial charge in [-0.2, -0.15) is 0 Å². The van der Waals surface area contributed by atoms with E-state index < -0.39 is 17.9 Å². The number of likely N-dealkylation sites (N-methyl/N-ethyl adjacent to an activating group) is 1. The standard InChI is InChI=1S/C13H17FN2O3/c1-3-16(11-6-4-10(14)5-7-11)8-12(13(18)19)15-9(2)17/h4-7,12H,3,8H2,1-2H3,(H,15,17)(H,18,19). The number of halogens is 1. The molecule has 0 heterocycles. The van der Waals surface area contributed by atoms with Gasteiger partial charge in [0.1, 0.15) is 11.9 Å². The van der Waals surface area contributed by atoms with Crippen molar-refractivity contribution in [1.29, 1.82) is 0 Å². The molecule has 6 heteroatoms. The van der Waals surface area contributed by atoms with E-state index in [1.165, 1.54) is 19.1 Å². The molecule has 2 N–H and O–H groups in total. The number of anilines is 1. The molecule has 19 heavy (non-hydrogen) atoms. The molecular formula is C13H17FN2O3. The third-order valence-corrected chi connectivity index (χ3v) is 2.65. The van der Waals surface area contributed by atoms with E-state index >= 15 is 0 Å². The Balaban J connectivity index is 2.81. The largest absolute Gasteiger partial charge is 0.480 e. The van der Waals surface area contributed by atoms with E-state index in [4.69, 9.17) is 5.11 Å². The number of carbonyl (C=O) groups excluding carboxylic acids is 1. The Labute approximate surface area is 111 Å². The number of benzene rings is 1. The topological polar surface area (TPSA) is 69.6 Å². The first-order valence-corrected chi connectivity index (χ1v) is 5.94. The minimum atomic E-state index is -1.10. The lowest BCUT2D eigenvalue weighted by Gasteiger charge is -2.26. The number of rotatable bonds is 6. The summed E-state index contributed by atoms with van der Waals surface area (Å²) in [5.74, 6) is -1.85. The number of hydrogen-bond donors (Lipinski definition) is 2. The van der Waals surface area contributed by atoms with Gasteiger partial charge in [-0.05, 0) is 31.2 Å². The molecular weight excluding hydrogens is 251 g/mol. The Kier molecular flexibility index (Phi) is 5.29. The van der Waals surface area contributed by atoms with Crippen molar-refractivity contribution < 1.29 is 19.1 Å². The molecule has 1 aromatic carbocycles. The number of amides is 1. The fourth-order valence-electron chi connectivity index (χ4n) is 1.72. The molecule has 1 aromatic rings. The van der Waals surface area contributed by atoms with Crippen molar-refractivity contribution in [3.63, 3.8) is 0 Å². The highest BCUT2D eigenvalue weighted by Gasteiger charge is 2.21. The monoisotopic (exact) mass is 268 g/mol. The Bertz CT molecular complexity index is 448. The molecule has 0 fully saturated rings. The molecule has 0 aromatic heterocycles. The SMILES string of the molecule is CCN(CC(NC(C)=O)C(=O)O)c1ccc(F)cc1. The number of nitrogens with zero attached hydrogens (tertiary/aromatic N) is 1. The first-order chi connectivity index (χ1) is 8.93. The molecule has 0 radical (unpaired) electrons. The van der Waals surface area contributed by atoms with Crippen LogP contribution in [0.3, 0.4) is 0 Å². The third-order valence-electron chi connectivity index (χ3n) is 2.65. The molecule has 1 unspecified atom stereocenters. The van der Waals surface area contributed by atoms with Crippen molar-refractivity contribution in [2.24, 2.45) is 0 Å². The fourth-order valence-corrected chi connectivity index (χ4v) is 1.72. The van der Waals surface area contributed by atoms with E-state index in [9.17, 15) is 14.0 Å². The molecule has 0 aliphatic rings. The lowest BCUT2D eigenvalue weighted by molar-refractivity contribution is -0.141. The number of carboxylic acid groups (broad SMARTS) is 1. The second kappa shape index (κ2) is 6.72. The van der Waals surface area contributed by atoms with Crippen LogP contribution in [0.1, 0.15) is 13.8 Å². The average molecular weight is 268 g/mol. The van der Waals surface area contributed by atoms with Crippen LogP contribution in [0.25, 0.3) is 0 Å². The lowest BCUT2D eigenvalue weighted by atomic mass is 10.2. The Hall–Kier alpha value is -2.11. The van der Waals surface area contributed by atoms with Crippen molar-refractivity contribution in [1.82, 2.24) is 5.32 Å². The van der Waals surface area contributed by atoms with Crippen LogP contribution >= 0.6 is 0 Å². The van der Waals surface area contributed by atoms with Gasteiger partial charge in [0.05, 0.1) is 0 Å². The summed E-state index contributed by atoms with van der Waals surface area (Å²) in [6.07, 6.45) is 0. The van der Waals surface area contributed by atoms with Crippen LogP contribution in [0.2, 0.25) is 0 Å². The van der Waals surface area contributed by atoms with Crippen molar-refractivity contribution >= 4 is 17.6 Å². The summed E-state index contributed by atoms with van der Waals surface area (Å²) in [5.41, 5.74) is 0.709. The molecule has 1 amide bonds. The highest BCUT2D eigenvalue weighted by molar-refractivity contribution is 5.82. The van der Waals surface area contributed by atoms with Gasteiger partial charge < -0.3 is 15.3 Å². The van der Waals surface area contributed by atoms with Gasteiger partial charge in [-0.1, -0.05) is 0 Å². The minimum absolute atomic E-state index is 0.122. The summed E-state index contributed by atoms with van der Waals surface area (Å²) in [7, 11) is 0. The van der Waals surface area contributed by atoms with Gasteiger partial charge in [-0.25, -0.2) is 9.18 Å². The smallest absolute Gasteiger partial charge is 0.328 e. The maximum atomic E-state index is 12.8. The number of hydrogen-bond acceptors (Lipinski definition) is 3. The first-order valence-electron chi connectivity index (χ1n) is 5.94. The molecule has 0 spiro atoms. The summed E-state index contributed by atoms with van der Waals surface area (Å²) in [5, 5.41) is 11.4. The molecule has 0 aliphatic carbocycles. The predicted molar refractivity (Wildman–Crippen MR) is 69.5 cm³/mol. The summed E-state index contributed by atoms with van der Waals surface area (Å²) in [6.45, 7) is 3.80. The van der Waals surface area contributed by atoms with E-state index in [2.05, 4.69) is 5.32 Å². The quantitative estimate of drug-likeness (QED) is 0.814. The lowest BCUT2D eigenvalue weighted by Crippen LogP contribution is -2.48. The van der Waals surface area contributed by atoms with Crippen molar-refractivity contribution in [2.45, 2.75) is 19.9 Å². The first kappa shape index (κ1) is 14.9. The zero-order valence-electron chi connectivity index (χ0n) is 10.9. The Morgan fingerprint density at radius 1 is 1.37 bits per heavy atom. The van der Waals surface area contributed by atoms with Crippen LogP contribution in [-0.2, 0) is 9.59 Å². The average Bonchev–Trinajstić information content (AvgIpc) is 2.35. The molecule has 0 saturated carbocycles. The van der Waals surface area contributed by atoms with Gasteiger partial charge in [-0.15, -0.1) is 0 Å². The number of carbonyl (C=O) groups is 2. The molecule has 0 bridgehead atoms.